The molecule has 39 heavy (non-hydrogen) atoms. The highest BCUT2D eigenvalue weighted by molar-refractivity contribution is 7.18. The summed E-state index contributed by atoms with van der Waals surface area (Å²) in [6.45, 7) is 2.39. The lowest BCUT2D eigenvalue weighted by molar-refractivity contribution is -0.142. The predicted molar refractivity (Wildman–Crippen MR) is 154 cm³/mol. The largest absolute Gasteiger partial charge is 0.457 e. The number of hydrogen-bond acceptors (Lipinski definition) is 6. The summed E-state index contributed by atoms with van der Waals surface area (Å²) in [5.41, 5.74) is 4.29. The molecule has 0 amide bonds. The Morgan fingerprint density at radius 1 is 1.05 bits per heavy atom. The van der Waals surface area contributed by atoms with Gasteiger partial charge in [-0.05, 0) is 49.8 Å². The molecule has 0 aliphatic heterocycles. The lowest BCUT2D eigenvalue weighted by Crippen LogP contribution is -2.17. The van der Waals surface area contributed by atoms with Crippen LogP contribution in [0.15, 0.2) is 59.4 Å². The van der Waals surface area contributed by atoms with Gasteiger partial charge in [0.05, 0.1) is 23.1 Å². The minimum Gasteiger partial charge on any atom is -0.457 e. The summed E-state index contributed by atoms with van der Waals surface area (Å²) >= 11 is 1.58. The van der Waals surface area contributed by atoms with Crippen molar-refractivity contribution in [2.75, 3.05) is 6.61 Å². The molecule has 0 unspecified atom stereocenters. The molecule has 2 aromatic carbocycles. The number of carbonyl (C=O) groups excluding carboxylic acids is 2. The molecule has 0 saturated carbocycles. The molecule has 8 heteroatoms. The van der Waals surface area contributed by atoms with Crippen molar-refractivity contribution >= 4 is 44.2 Å². The highest BCUT2D eigenvalue weighted by Gasteiger charge is 2.24. The first-order valence-corrected chi connectivity index (χ1v) is 14.3. The summed E-state index contributed by atoms with van der Waals surface area (Å²) in [6, 6.07) is 17.6. The molecule has 0 spiro atoms. The number of H-pyrrole nitrogens is 1. The van der Waals surface area contributed by atoms with Crippen LogP contribution in [0.4, 0.5) is 0 Å². The SMILES string of the molecule is CCn1c(-c2ccccc2)c(C(=O)COC(=O)CCc2nc3sc4c(c3c(=O)[nH]2)CCCC4)c2ccccc21. The second-order valence-corrected chi connectivity index (χ2v) is 10.9. The highest BCUT2D eigenvalue weighted by atomic mass is 32.1. The molecule has 0 saturated heterocycles. The first-order valence-electron chi connectivity index (χ1n) is 13.4. The number of aromatic nitrogens is 3. The van der Waals surface area contributed by atoms with E-state index >= 15 is 0 Å². The molecule has 1 N–H and O–H groups in total. The van der Waals surface area contributed by atoms with E-state index in [0.29, 0.717) is 23.3 Å². The molecule has 1 aliphatic carbocycles. The third-order valence-electron chi connectivity index (χ3n) is 7.42. The minimum atomic E-state index is -0.503. The summed E-state index contributed by atoms with van der Waals surface area (Å²) in [6.07, 6.45) is 4.41. The number of nitrogens with zero attached hydrogens (tertiary/aromatic N) is 2. The third-order valence-corrected chi connectivity index (χ3v) is 8.60. The zero-order valence-electron chi connectivity index (χ0n) is 21.8. The molecule has 3 aromatic heterocycles. The normalized spacial score (nSPS) is 13.1. The van der Waals surface area contributed by atoms with Crippen molar-refractivity contribution in [3.8, 4) is 11.3 Å². The zero-order valence-corrected chi connectivity index (χ0v) is 22.6. The second kappa shape index (κ2) is 10.6. The number of esters is 1. The third kappa shape index (κ3) is 4.69. The molecule has 7 nitrogen and oxygen atoms in total. The van der Waals surface area contributed by atoms with E-state index in [2.05, 4.69) is 14.5 Å². The fourth-order valence-electron chi connectivity index (χ4n) is 5.65. The number of fused-ring (bicyclic) bond motifs is 4. The Balaban J connectivity index is 1.19. The molecule has 0 bridgehead atoms. The monoisotopic (exact) mass is 539 g/mol. The first kappa shape index (κ1) is 25.2. The molecule has 0 atom stereocenters. The van der Waals surface area contributed by atoms with Gasteiger partial charge in [-0.1, -0.05) is 48.5 Å². The van der Waals surface area contributed by atoms with Crippen molar-refractivity contribution in [3.63, 3.8) is 0 Å². The predicted octanol–water partition coefficient (Wildman–Crippen LogP) is 5.86. The van der Waals surface area contributed by atoms with Crippen LogP contribution in [-0.4, -0.2) is 32.9 Å². The van der Waals surface area contributed by atoms with Crippen LogP contribution in [0.2, 0.25) is 0 Å². The van der Waals surface area contributed by atoms with Crippen LogP contribution in [0.3, 0.4) is 0 Å². The van der Waals surface area contributed by atoms with Gasteiger partial charge in [-0.2, -0.15) is 0 Å². The summed E-state index contributed by atoms with van der Waals surface area (Å²) in [5, 5.41) is 1.54. The zero-order chi connectivity index (χ0) is 26.9. The van der Waals surface area contributed by atoms with Crippen molar-refractivity contribution in [3.05, 3.63) is 86.8 Å². The average Bonchev–Trinajstić information content (AvgIpc) is 3.51. The van der Waals surface area contributed by atoms with Gasteiger partial charge in [0.25, 0.3) is 5.56 Å². The number of benzene rings is 2. The maximum absolute atomic E-state index is 13.5. The minimum absolute atomic E-state index is 0.0229. The summed E-state index contributed by atoms with van der Waals surface area (Å²) in [5.74, 6) is -0.286. The van der Waals surface area contributed by atoms with E-state index in [-0.39, 0.29) is 30.8 Å². The Morgan fingerprint density at radius 3 is 2.64 bits per heavy atom. The van der Waals surface area contributed by atoms with Gasteiger partial charge in [0.1, 0.15) is 10.7 Å². The van der Waals surface area contributed by atoms with Crippen LogP contribution in [0.5, 0.6) is 0 Å². The molecule has 3 heterocycles. The molecule has 5 aromatic rings. The molecule has 6 rings (SSSR count). The Morgan fingerprint density at radius 2 is 1.82 bits per heavy atom. The maximum atomic E-state index is 13.5. The number of hydrogen-bond donors (Lipinski definition) is 1. The van der Waals surface area contributed by atoms with Gasteiger partial charge in [-0.3, -0.25) is 14.4 Å². The number of nitrogens with one attached hydrogen (secondary N) is 1. The standard InChI is InChI=1S/C31H29N3O4S/c1-2-34-22-14-8-6-12-20(22)27(29(34)19-10-4-3-5-11-19)23(35)18-38-26(36)17-16-25-32-30(37)28-21-13-7-9-15-24(21)39-31(28)33-25/h3-6,8,10-12,14H,2,7,9,13,15-18H2,1H3,(H,32,33,37). The lowest BCUT2D eigenvalue weighted by atomic mass is 9.97. The van der Waals surface area contributed by atoms with Crippen LogP contribution >= 0.6 is 11.3 Å². The van der Waals surface area contributed by atoms with Crippen LogP contribution in [0, 0.1) is 0 Å². The molecule has 0 fully saturated rings. The summed E-state index contributed by atoms with van der Waals surface area (Å²) < 4.78 is 7.56. The van der Waals surface area contributed by atoms with Gasteiger partial charge in [0, 0.05) is 28.7 Å². The van der Waals surface area contributed by atoms with E-state index < -0.39 is 5.97 Å². The molecule has 0 radical (unpaired) electrons. The molecular weight excluding hydrogens is 510 g/mol. The quantitative estimate of drug-likeness (QED) is 0.197. The Kier molecular flexibility index (Phi) is 6.87. The molecular formula is C31H29N3O4S. The number of aryl methyl sites for hydroxylation is 4. The number of Topliss-reactive ketones (excluding diaryl/α,β-unsaturated/α-hetero) is 1. The smallest absolute Gasteiger partial charge is 0.306 e. The van der Waals surface area contributed by atoms with Gasteiger partial charge in [0.15, 0.2) is 6.61 Å². The van der Waals surface area contributed by atoms with Gasteiger partial charge < -0.3 is 14.3 Å². The number of thiophene rings is 1. The van der Waals surface area contributed by atoms with Gasteiger partial charge >= 0.3 is 5.97 Å². The van der Waals surface area contributed by atoms with Gasteiger partial charge in [-0.25, -0.2) is 4.98 Å². The van der Waals surface area contributed by atoms with Crippen molar-refractivity contribution < 1.29 is 14.3 Å². The number of para-hydroxylation sites is 1. The number of ketones is 1. The van der Waals surface area contributed by atoms with Crippen LogP contribution in [0.25, 0.3) is 32.4 Å². The molecule has 198 valence electrons. The number of carbonyl (C=O) groups is 2. The van der Waals surface area contributed by atoms with Crippen LogP contribution < -0.4 is 5.56 Å². The van der Waals surface area contributed by atoms with Gasteiger partial charge in [0.2, 0.25) is 5.78 Å². The van der Waals surface area contributed by atoms with Crippen molar-refractivity contribution in [1.29, 1.82) is 0 Å². The topological polar surface area (TPSA) is 94.0 Å². The lowest BCUT2D eigenvalue weighted by Gasteiger charge is -2.11. The Bertz CT molecular complexity index is 1760. The van der Waals surface area contributed by atoms with E-state index in [9.17, 15) is 14.4 Å². The Labute approximate surface area is 229 Å². The summed E-state index contributed by atoms with van der Waals surface area (Å²) in [4.78, 5) is 48.4. The number of rotatable bonds is 8. The average molecular weight is 540 g/mol. The number of aromatic amines is 1. The molecule has 1 aliphatic rings. The maximum Gasteiger partial charge on any atom is 0.306 e. The summed E-state index contributed by atoms with van der Waals surface area (Å²) in [7, 11) is 0. The fraction of sp³-hybridized carbons (Fsp3) is 0.290. The first-order chi connectivity index (χ1) is 19.0. The Hall–Kier alpha value is -4.04. The fourth-order valence-corrected chi connectivity index (χ4v) is 6.93. The van der Waals surface area contributed by atoms with Crippen molar-refractivity contribution in [2.24, 2.45) is 0 Å². The van der Waals surface area contributed by atoms with Gasteiger partial charge in [-0.15, -0.1) is 11.3 Å². The van der Waals surface area contributed by atoms with Crippen LogP contribution in [0.1, 0.15) is 52.8 Å². The van der Waals surface area contributed by atoms with Crippen molar-refractivity contribution in [1.82, 2.24) is 14.5 Å². The van der Waals surface area contributed by atoms with E-state index in [0.717, 1.165) is 58.2 Å². The van der Waals surface area contributed by atoms with E-state index in [4.69, 9.17) is 4.74 Å². The second-order valence-electron chi connectivity index (χ2n) is 9.84. The van der Waals surface area contributed by atoms with Crippen LogP contribution in [-0.2, 0) is 35.3 Å². The number of ether oxygens (including phenoxy) is 1. The highest BCUT2D eigenvalue weighted by Crippen LogP contribution is 2.35. The van der Waals surface area contributed by atoms with E-state index in [1.165, 1.54) is 4.88 Å². The van der Waals surface area contributed by atoms with E-state index in [1.807, 2.05) is 61.5 Å². The van der Waals surface area contributed by atoms with Crippen molar-refractivity contribution in [2.45, 2.75) is 52.0 Å². The van der Waals surface area contributed by atoms with E-state index in [1.54, 1.807) is 11.3 Å².